The summed E-state index contributed by atoms with van der Waals surface area (Å²) in [5, 5.41) is 10.7. The van der Waals surface area contributed by atoms with Gasteiger partial charge in [0.25, 0.3) is 5.91 Å². The number of benzene rings is 1. The predicted molar refractivity (Wildman–Crippen MR) is 149 cm³/mol. The highest BCUT2D eigenvalue weighted by Crippen LogP contribution is 2.67. The Bertz CT molecular complexity index is 1090. The van der Waals surface area contributed by atoms with Gasteiger partial charge in [-0.2, -0.15) is 0 Å². The Morgan fingerprint density at radius 1 is 1.30 bits per heavy atom. The zero-order chi connectivity index (χ0) is 27.1. The third-order valence-corrected chi connectivity index (χ3v) is 10.4. The Labute approximate surface area is 228 Å². The Kier molecular flexibility index (Phi) is 8.12. The minimum atomic E-state index is -0.824. The van der Waals surface area contributed by atoms with Crippen LogP contribution in [0.25, 0.3) is 0 Å². The molecule has 1 aromatic rings. The van der Waals surface area contributed by atoms with Crippen LogP contribution in [0.4, 0.5) is 5.69 Å². The normalized spacial score (nSPS) is 28.7. The number of aryl methyl sites for hydroxylation is 1. The third-order valence-electron chi connectivity index (χ3n) is 8.15. The van der Waals surface area contributed by atoms with Crippen molar-refractivity contribution in [1.29, 1.82) is 0 Å². The van der Waals surface area contributed by atoms with Gasteiger partial charge in [-0.25, -0.2) is 0 Å². The van der Waals surface area contributed by atoms with Crippen molar-refractivity contribution in [2.75, 3.05) is 31.6 Å². The summed E-state index contributed by atoms with van der Waals surface area (Å²) in [6.45, 7) is 11.7. The number of rotatable bonds is 10. The van der Waals surface area contributed by atoms with Gasteiger partial charge in [-0.3, -0.25) is 14.4 Å². The van der Waals surface area contributed by atoms with E-state index in [4.69, 9.17) is 11.6 Å². The van der Waals surface area contributed by atoms with E-state index in [9.17, 15) is 19.5 Å². The van der Waals surface area contributed by atoms with E-state index in [0.717, 1.165) is 12.0 Å². The molecule has 3 heterocycles. The minimum Gasteiger partial charge on any atom is -0.394 e. The van der Waals surface area contributed by atoms with Crippen LogP contribution >= 0.6 is 23.4 Å². The van der Waals surface area contributed by atoms with Gasteiger partial charge in [-0.1, -0.05) is 42.8 Å². The van der Waals surface area contributed by atoms with Gasteiger partial charge in [0.1, 0.15) is 6.04 Å². The summed E-state index contributed by atoms with van der Waals surface area (Å²) < 4.78 is -0.745. The van der Waals surface area contributed by atoms with Crippen LogP contribution in [-0.2, 0) is 14.4 Å². The number of carbonyl (C=O) groups excluding carboxylic acids is 3. The summed E-state index contributed by atoms with van der Waals surface area (Å²) in [5.41, 5.74) is 1.43. The maximum Gasteiger partial charge on any atom is 0.251 e. The van der Waals surface area contributed by atoms with Crippen LogP contribution in [-0.4, -0.2) is 81.5 Å². The van der Waals surface area contributed by atoms with E-state index < -0.39 is 28.7 Å². The first kappa shape index (κ1) is 27.7. The molecule has 1 aromatic carbocycles. The van der Waals surface area contributed by atoms with Gasteiger partial charge in [0.05, 0.1) is 39.9 Å². The topological polar surface area (TPSA) is 81.2 Å². The van der Waals surface area contributed by atoms with Gasteiger partial charge in [0.2, 0.25) is 11.8 Å². The van der Waals surface area contributed by atoms with Gasteiger partial charge < -0.3 is 19.8 Å². The number of para-hydroxylation sites is 1. The second-order valence-corrected chi connectivity index (χ2v) is 12.2. The number of aliphatic hydroxyl groups excluding tert-OH is 1. The van der Waals surface area contributed by atoms with Crippen molar-refractivity contribution in [2.45, 2.75) is 55.2 Å². The second kappa shape index (κ2) is 10.8. The number of halogens is 1. The fourth-order valence-corrected chi connectivity index (χ4v) is 9.05. The van der Waals surface area contributed by atoms with Crippen molar-refractivity contribution < 1.29 is 19.5 Å². The molecule has 200 valence electrons. The van der Waals surface area contributed by atoms with Crippen molar-refractivity contribution in [2.24, 2.45) is 11.8 Å². The van der Waals surface area contributed by atoms with E-state index in [1.165, 1.54) is 0 Å². The van der Waals surface area contributed by atoms with Crippen LogP contribution in [0.2, 0.25) is 5.02 Å². The summed E-state index contributed by atoms with van der Waals surface area (Å²) in [6, 6.07) is 4.12. The lowest BCUT2D eigenvalue weighted by Crippen LogP contribution is -2.57. The first-order valence-corrected chi connectivity index (χ1v) is 14.1. The van der Waals surface area contributed by atoms with Crippen molar-refractivity contribution >= 4 is 46.8 Å². The molecule has 3 aliphatic heterocycles. The summed E-state index contributed by atoms with van der Waals surface area (Å²) in [6.07, 6.45) is 5.22. The lowest BCUT2D eigenvalue weighted by Gasteiger charge is -2.40. The van der Waals surface area contributed by atoms with E-state index in [1.807, 2.05) is 26.0 Å². The molecule has 2 bridgehead atoms. The van der Waals surface area contributed by atoms with E-state index in [2.05, 4.69) is 13.2 Å². The molecule has 6 atom stereocenters. The van der Waals surface area contributed by atoms with E-state index in [1.54, 1.807) is 51.7 Å². The molecule has 1 spiro atoms. The number of carbonyl (C=O) groups is 3. The van der Waals surface area contributed by atoms with Crippen molar-refractivity contribution in [1.82, 2.24) is 9.80 Å². The number of anilines is 1. The molecule has 3 aliphatic rings. The van der Waals surface area contributed by atoms with Crippen LogP contribution < -0.4 is 4.90 Å². The molecule has 1 N–H and O–H groups in total. The average molecular weight is 546 g/mol. The Hall–Kier alpha value is -2.29. The fourth-order valence-electron chi connectivity index (χ4n) is 6.53. The predicted octanol–water partition coefficient (Wildman–Crippen LogP) is 3.67. The van der Waals surface area contributed by atoms with E-state index in [-0.39, 0.29) is 36.1 Å². The van der Waals surface area contributed by atoms with Gasteiger partial charge in [-0.05, 0) is 37.8 Å². The fraction of sp³-hybridized carbons (Fsp3) is 0.536. The third kappa shape index (κ3) is 4.31. The molecule has 37 heavy (non-hydrogen) atoms. The smallest absolute Gasteiger partial charge is 0.251 e. The molecule has 0 radical (unpaired) electrons. The SMILES string of the molecule is C=CCN(C)C(=O)[C@@H]1[C@H]2C(=O)N([C@@H](CC)CO)C(C(=O)N(CC=C)c3c(C)cccc3Cl)C23CC[C@H]1S3. The van der Waals surface area contributed by atoms with Gasteiger partial charge in [0.15, 0.2) is 0 Å². The first-order chi connectivity index (χ1) is 17.7. The van der Waals surface area contributed by atoms with E-state index >= 15 is 0 Å². The number of likely N-dealkylation sites (N-methyl/N-ethyl adjacent to an activating group) is 1. The molecule has 9 heteroatoms. The Balaban J connectivity index is 1.84. The molecule has 3 fully saturated rings. The van der Waals surface area contributed by atoms with Crippen LogP contribution in [0, 0.1) is 18.8 Å². The summed E-state index contributed by atoms with van der Waals surface area (Å²) in [5.74, 6) is -1.69. The quantitative estimate of drug-likeness (QED) is 0.454. The van der Waals surface area contributed by atoms with Crippen molar-refractivity contribution in [3.63, 3.8) is 0 Å². The first-order valence-electron chi connectivity index (χ1n) is 12.8. The van der Waals surface area contributed by atoms with Gasteiger partial charge in [-0.15, -0.1) is 24.9 Å². The second-order valence-electron chi connectivity index (χ2n) is 10.2. The zero-order valence-electron chi connectivity index (χ0n) is 21.7. The molecular formula is C28H36ClN3O4S. The number of nitrogens with zero attached hydrogens (tertiary/aromatic N) is 3. The van der Waals surface area contributed by atoms with Gasteiger partial charge in [0, 0.05) is 25.4 Å². The number of hydrogen-bond donors (Lipinski definition) is 1. The largest absolute Gasteiger partial charge is 0.394 e. The number of fused-ring (bicyclic) bond motifs is 1. The Morgan fingerprint density at radius 3 is 2.59 bits per heavy atom. The molecule has 0 aliphatic carbocycles. The lowest BCUT2D eigenvalue weighted by atomic mass is 9.70. The summed E-state index contributed by atoms with van der Waals surface area (Å²) in [4.78, 5) is 47.2. The van der Waals surface area contributed by atoms with Crippen LogP contribution in [0.3, 0.4) is 0 Å². The highest BCUT2D eigenvalue weighted by Gasteiger charge is 2.74. The highest BCUT2D eigenvalue weighted by atomic mass is 35.5. The standard InChI is InChI=1S/C28H36ClN3O4S/c1-6-14-30(5)25(34)21-20-12-13-28(37-20)22(21)26(35)32(18(8-3)16-33)24(28)27(36)31(15-7-2)23-17(4)10-9-11-19(23)29/h6-7,9-11,18,20-22,24,33H,1-2,8,12-16H2,3-5H3/t18-,20+,21-,22-,24?,28?/m0/s1. The van der Waals surface area contributed by atoms with Crippen LogP contribution in [0.1, 0.15) is 31.7 Å². The number of aliphatic hydroxyl groups is 1. The maximum absolute atomic E-state index is 14.6. The summed E-state index contributed by atoms with van der Waals surface area (Å²) in [7, 11) is 1.72. The molecule has 2 unspecified atom stereocenters. The summed E-state index contributed by atoms with van der Waals surface area (Å²) >= 11 is 8.22. The monoisotopic (exact) mass is 545 g/mol. The molecule has 4 rings (SSSR count). The Morgan fingerprint density at radius 2 is 2.00 bits per heavy atom. The number of amides is 3. The van der Waals surface area contributed by atoms with Crippen LogP contribution in [0.15, 0.2) is 43.5 Å². The molecule has 3 saturated heterocycles. The molecule has 0 aromatic heterocycles. The lowest BCUT2D eigenvalue weighted by molar-refractivity contribution is -0.144. The van der Waals surface area contributed by atoms with E-state index in [0.29, 0.717) is 30.1 Å². The van der Waals surface area contributed by atoms with Crippen LogP contribution in [0.5, 0.6) is 0 Å². The average Bonchev–Trinajstić information content (AvgIpc) is 3.51. The molecule has 7 nitrogen and oxygen atoms in total. The maximum atomic E-state index is 14.6. The van der Waals surface area contributed by atoms with Crippen molar-refractivity contribution in [3.8, 4) is 0 Å². The molecule has 3 amide bonds. The van der Waals surface area contributed by atoms with Crippen molar-refractivity contribution in [3.05, 3.63) is 54.1 Å². The minimum absolute atomic E-state index is 0.0322. The number of thioether (sulfide) groups is 1. The highest BCUT2D eigenvalue weighted by molar-refractivity contribution is 8.02. The number of hydrogen-bond acceptors (Lipinski definition) is 5. The zero-order valence-corrected chi connectivity index (χ0v) is 23.3. The molecule has 0 saturated carbocycles. The molecular weight excluding hydrogens is 510 g/mol. The number of likely N-dealkylation sites (tertiary alicyclic amines) is 1. The van der Waals surface area contributed by atoms with Gasteiger partial charge >= 0.3 is 0 Å².